The van der Waals surface area contributed by atoms with Gasteiger partial charge in [0.15, 0.2) is 0 Å². The van der Waals surface area contributed by atoms with E-state index in [1.165, 1.54) is 10.6 Å². The van der Waals surface area contributed by atoms with Crippen molar-refractivity contribution < 1.29 is 4.79 Å². The third-order valence-electron chi connectivity index (χ3n) is 4.42. The number of hydrogen-bond donors (Lipinski definition) is 1. The Morgan fingerprint density at radius 1 is 1.07 bits per heavy atom. The lowest BCUT2D eigenvalue weighted by Crippen LogP contribution is -2.30. The highest BCUT2D eigenvalue weighted by atomic mass is 16.2. The minimum Gasteiger partial charge on any atom is -0.378 e. The number of amides is 1. The Hall–Kier alpha value is -3.41. The molecular formula is C22H24N4O2. The number of rotatable bonds is 6. The second-order valence-electron chi connectivity index (χ2n) is 6.70. The molecule has 0 saturated carbocycles. The summed E-state index contributed by atoms with van der Waals surface area (Å²) in [6.45, 7) is 1.85. The Bertz CT molecular complexity index is 1010. The van der Waals surface area contributed by atoms with Gasteiger partial charge < -0.3 is 10.2 Å². The molecule has 3 aromatic rings. The number of benzene rings is 2. The summed E-state index contributed by atoms with van der Waals surface area (Å²) in [4.78, 5) is 31.8. The molecule has 0 unspecified atom stereocenters. The molecule has 1 N–H and O–H groups in total. The van der Waals surface area contributed by atoms with Crippen molar-refractivity contribution in [1.82, 2.24) is 9.55 Å². The molecule has 0 aliphatic heterocycles. The maximum absolute atomic E-state index is 12.6. The van der Waals surface area contributed by atoms with Crippen LogP contribution in [0.15, 0.2) is 65.5 Å². The van der Waals surface area contributed by atoms with Crippen LogP contribution in [-0.2, 0) is 17.8 Å². The van der Waals surface area contributed by atoms with Crippen molar-refractivity contribution in [3.63, 3.8) is 0 Å². The van der Waals surface area contributed by atoms with Gasteiger partial charge in [-0.3, -0.25) is 14.2 Å². The lowest BCUT2D eigenvalue weighted by molar-refractivity contribution is -0.116. The van der Waals surface area contributed by atoms with E-state index in [-0.39, 0.29) is 18.0 Å². The normalized spacial score (nSPS) is 10.5. The zero-order chi connectivity index (χ0) is 20.1. The van der Waals surface area contributed by atoms with Crippen LogP contribution in [-0.4, -0.2) is 29.6 Å². The molecule has 0 spiro atoms. The number of carbonyl (C=O) groups excluding carboxylic acids is 1. The van der Waals surface area contributed by atoms with Gasteiger partial charge in [0, 0.05) is 42.8 Å². The molecule has 1 heterocycles. The Labute approximate surface area is 164 Å². The lowest BCUT2D eigenvalue weighted by atomic mass is 10.2. The zero-order valence-corrected chi connectivity index (χ0v) is 16.3. The second-order valence-corrected chi connectivity index (χ2v) is 6.70. The first kappa shape index (κ1) is 19.4. The first-order valence-electron chi connectivity index (χ1n) is 9.21. The van der Waals surface area contributed by atoms with E-state index in [4.69, 9.17) is 0 Å². The van der Waals surface area contributed by atoms with Crippen molar-refractivity contribution >= 4 is 17.3 Å². The smallest absolute Gasteiger partial charge is 0.254 e. The SMILES string of the molecule is CCc1cc(=O)n(CC(=O)Nc2ccc(N(C)C)cc2)c(-c2ccccc2)n1. The van der Waals surface area contributed by atoms with Crippen LogP contribution >= 0.6 is 0 Å². The number of aryl methyl sites for hydroxylation is 1. The van der Waals surface area contributed by atoms with Gasteiger partial charge in [0.25, 0.3) is 5.56 Å². The van der Waals surface area contributed by atoms with Crippen molar-refractivity contribution in [1.29, 1.82) is 0 Å². The predicted molar refractivity (Wildman–Crippen MR) is 113 cm³/mol. The number of nitrogens with one attached hydrogen (secondary N) is 1. The molecule has 28 heavy (non-hydrogen) atoms. The summed E-state index contributed by atoms with van der Waals surface area (Å²) in [6.07, 6.45) is 0.653. The van der Waals surface area contributed by atoms with Crippen molar-refractivity contribution in [2.24, 2.45) is 0 Å². The number of carbonyl (C=O) groups is 1. The molecular weight excluding hydrogens is 352 g/mol. The van der Waals surface area contributed by atoms with Gasteiger partial charge in [-0.25, -0.2) is 4.98 Å². The van der Waals surface area contributed by atoms with E-state index in [2.05, 4.69) is 10.3 Å². The van der Waals surface area contributed by atoms with Crippen LogP contribution in [0.25, 0.3) is 11.4 Å². The fourth-order valence-electron chi connectivity index (χ4n) is 2.88. The molecule has 6 heteroatoms. The molecule has 1 aromatic heterocycles. The van der Waals surface area contributed by atoms with E-state index in [0.29, 0.717) is 23.6 Å². The van der Waals surface area contributed by atoms with Crippen LogP contribution in [0.3, 0.4) is 0 Å². The van der Waals surface area contributed by atoms with E-state index < -0.39 is 0 Å². The highest BCUT2D eigenvalue weighted by Gasteiger charge is 2.14. The van der Waals surface area contributed by atoms with Gasteiger partial charge in [-0.1, -0.05) is 37.3 Å². The Kier molecular flexibility index (Phi) is 5.89. The largest absolute Gasteiger partial charge is 0.378 e. The van der Waals surface area contributed by atoms with Crippen LogP contribution in [0.2, 0.25) is 0 Å². The molecule has 0 atom stereocenters. The van der Waals surface area contributed by atoms with Crippen LogP contribution < -0.4 is 15.8 Å². The Morgan fingerprint density at radius 2 is 1.75 bits per heavy atom. The maximum atomic E-state index is 12.6. The van der Waals surface area contributed by atoms with E-state index in [1.54, 1.807) is 0 Å². The standard InChI is InChI=1S/C22H24N4O2/c1-4-17-14-21(28)26(22(24-17)16-8-6-5-7-9-16)15-20(27)23-18-10-12-19(13-11-18)25(2)3/h5-14H,4,15H2,1-3H3,(H,23,27). The molecule has 0 bridgehead atoms. The van der Waals surface area contributed by atoms with Crippen LogP contribution in [0.1, 0.15) is 12.6 Å². The van der Waals surface area contributed by atoms with Crippen molar-refractivity contribution in [3.8, 4) is 11.4 Å². The number of hydrogen-bond acceptors (Lipinski definition) is 4. The summed E-state index contributed by atoms with van der Waals surface area (Å²) in [6, 6.07) is 18.5. The zero-order valence-electron chi connectivity index (χ0n) is 16.3. The Morgan fingerprint density at radius 3 is 2.36 bits per heavy atom. The molecule has 0 aliphatic rings. The van der Waals surface area contributed by atoms with Crippen molar-refractivity contribution in [3.05, 3.63) is 76.7 Å². The molecule has 0 aliphatic carbocycles. The monoisotopic (exact) mass is 376 g/mol. The topological polar surface area (TPSA) is 67.2 Å². The van der Waals surface area contributed by atoms with Crippen LogP contribution in [0, 0.1) is 0 Å². The van der Waals surface area contributed by atoms with Gasteiger partial charge >= 0.3 is 0 Å². The van der Waals surface area contributed by atoms with Gasteiger partial charge in [-0.2, -0.15) is 0 Å². The van der Waals surface area contributed by atoms with E-state index >= 15 is 0 Å². The molecule has 1 amide bonds. The quantitative estimate of drug-likeness (QED) is 0.718. The average Bonchev–Trinajstić information content (AvgIpc) is 2.70. The first-order chi connectivity index (χ1) is 13.5. The fourth-order valence-corrected chi connectivity index (χ4v) is 2.88. The molecule has 0 saturated heterocycles. The van der Waals surface area contributed by atoms with E-state index in [0.717, 1.165) is 11.3 Å². The van der Waals surface area contributed by atoms with E-state index in [1.807, 2.05) is 80.5 Å². The number of aromatic nitrogens is 2. The van der Waals surface area contributed by atoms with Crippen LogP contribution in [0.4, 0.5) is 11.4 Å². The molecule has 0 fully saturated rings. The Balaban J connectivity index is 1.87. The third kappa shape index (κ3) is 4.46. The molecule has 2 aromatic carbocycles. The van der Waals surface area contributed by atoms with Gasteiger partial charge in [0.05, 0.1) is 0 Å². The van der Waals surface area contributed by atoms with Gasteiger partial charge in [0.2, 0.25) is 5.91 Å². The summed E-state index contributed by atoms with van der Waals surface area (Å²) < 4.78 is 1.41. The summed E-state index contributed by atoms with van der Waals surface area (Å²) >= 11 is 0. The predicted octanol–water partition coefficient (Wildman–Crippen LogP) is 3.18. The van der Waals surface area contributed by atoms with Crippen molar-refractivity contribution in [2.45, 2.75) is 19.9 Å². The number of anilines is 2. The van der Waals surface area contributed by atoms with Crippen molar-refractivity contribution in [2.75, 3.05) is 24.3 Å². The minimum absolute atomic E-state index is 0.102. The first-order valence-corrected chi connectivity index (χ1v) is 9.21. The van der Waals surface area contributed by atoms with Gasteiger partial charge in [-0.05, 0) is 30.7 Å². The third-order valence-corrected chi connectivity index (χ3v) is 4.42. The maximum Gasteiger partial charge on any atom is 0.254 e. The summed E-state index contributed by atoms with van der Waals surface area (Å²) in [5.41, 5.74) is 3.00. The lowest BCUT2D eigenvalue weighted by Gasteiger charge is -2.15. The average molecular weight is 376 g/mol. The summed E-state index contributed by atoms with van der Waals surface area (Å²) in [5.74, 6) is 0.228. The fraction of sp³-hybridized carbons (Fsp3) is 0.227. The van der Waals surface area contributed by atoms with Gasteiger partial charge in [0.1, 0.15) is 12.4 Å². The second kappa shape index (κ2) is 8.52. The number of nitrogens with zero attached hydrogens (tertiary/aromatic N) is 3. The highest BCUT2D eigenvalue weighted by molar-refractivity contribution is 5.91. The van der Waals surface area contributed by atoms with Crippen LogP contribution in [0.5, 0.6) is 0 Å². The molecule has 144 valence electrons. The summed E-state index contributed by atoms with van der Waals surface area (Å²) in [7, 11) is 3.91. The molecule has 6 nitrogen and oxygen atoms in total. The summed E-state index contributed by atoms with van der Waals surface area (Å²) in [5, 5.41) is 2.85. The molecule has 3 rings (SSSR count). The van der Waals surface area contributed by atoms with Gasteiger partial charge in [-0.15, -0.1) is 0 Å². The van der Waals surface area contributed by atoms with E-state index in [9.17, 15) is 9.59 Å². The minimum atomic E-state index is -0.275. The highest BCUT2D eigenvalue weighted by Crippen LogP contribution is 2.17. The molecule has 0 radical (unpaired) electrons.